The zero-order valence-electron chi connectivity index (χ0n) is 18.6. The molecular weight excluding hydrogens is 447 g/mol. The molecule has 9 heteroatoms. The molecule has 0 amide bonds. The van der Waals surface area contributed by atoms with Gasteiger partial charge in [0.1, 0.15) is 30.1 Å². The topological polar surface area (TPSA) is 90.7 Å². The van der Waals surface area contributed by atoms with E-state index in [-0.39, 0.29) is 12.4 Å². The van der Waals surface area contributed by atoms with Crippen molar-refractivity contribution in [3.8, 4) is 28.6 Å². The van der Waals surface area contributed by atoms with Crippen LogP contribution in [0.25, 0.3) is 39.1 Å². The predicted octanol–water partition coefficient (Wildman–Crippen LogP) is 5.09. The molecule has 3 heterocycles. The normalized spacial score (nSPS) is 11.3. The number of aromatic amines is 1. The Bertz CT molecular complexity index is 1680. The van der Waals surface area contributed by atoms with E-state index in [0.717, 1.165) is 27.7 Å². The van der Waals surface area contributed by atoms with Crippen molar-refractivity contribution in [2.24, 2.45) is 0 Å². The lowest BCUT2D eigenvalue weighted by Crippen LogP contribution is -2.01. The van der Waals surface area contributed by atoms with Gasteiger partial charge in [-0.1, -0.05) is 12.1 Å². The van der Waals surface area contributed by atoms with Gasteiger partial charge in [-0.15, -0.1) is 0 Å². The van der Waals surface area contributed by atoms with Crippen LogP contribution in [0.3, 0.4) is 0 Å². The average molecular weight is 466 g/mol. The summed E-state index contributed by atoms with van der Waals surface area (Å²) in [5.74, 6) is 1.45. The van der Waals surface area contributed by atoms with Crippen molar-refractivity contribution >= 4 is 22.1 Å². The number of halogens is 1. The molecule has 0 saturated heterocycles. The van der Waals surface area contributed by atoms with E-state index in [1.807, 2.05) is 47.0 Å². The van der Waals surface area contributed by atoms with Gasteiger partial charge < -0.3 is 9.47 Å². The third-order valence-corrected chi connectivity index (χ3v) is 5.71. The summed E-state index contributed by atoms with van der Waals surface area (Å²) in [5.41, 5.74) is 4.66. The van der Waals surface area contributed by atoms with Crippen molar-refractivity contribution in [1.29, 1.82) is 0 Å². The minimum atomic E-state index is -0.302. The van der Waals surface area contributed by atoms with Gasteiger partial charge in [-0.2, -0.15) is 5.10 Å². The number of imidazole rings is 1. The Kier molecular flexibility index (Phi) is 5.07. The third-order valence-electron chi connectivity index (χ3n) is 5.71. The largest absolute Gasteiger partial charge is 0.493 e. The van der Waals surface area contributed by atoms with Crippen molar-refractivity contribution < 1.29 is 13.9 Å². The molecule has 172 valence electrons. The Labute approximate surface area is 199 Å². The molecule has 6 aromatic rings. The van der Waals surface area contributed by atoms with E-state index in [2.05, 4.69) is 20.2 Å². The van der Waals surface area contributed by atoms with Crippen LogP contribution < -0.4 is 9.47 Å². The SMILES string of the molecule is COc1cc(-c2nc3cncnc3n2-c2ccc3cn[nH]c3c2)ccc1OCc1cccc(F)c1. The summed E-state index contributed by atoms with van der Waals surface area (Å²) in [6, 6.07) is 17.9. The monoisotopic (exact) mass is 466 g/mol. The lowest BCUT2D eigenvalue weighted by atomic mass is 10.1. The lowest BCUT2D eigenvalue weighted by Gasteiger charge is -2.13. The molecule has 0 bridgehead atoms. The van der Waals surface area contributed by atoms with E-state index in [0.29, 0.717) is 28.5 Å². The van der Waals surface area contributed by atoms with Crippen LogP contribution in [-0.4, -0.2) is 36.8 Å². The maximum atomic E-state index is 13.5. The van der Waals surface area contributed by atoms with Gasteiger partial charge >= 0.3 is 0 Å². The second kappa shape index (κ2) is 8.53. The van der Waals surface area contributed by atoms with E-state index in [1.165, 1.54) is 18.5 Å². The molecule has 6 rings (SSSR count). The molecule has 0 fully saturated rings. The molecule has 35 heavy (non-hydrogen) atoms. The first-order chi connectivity index (χ1) is 17.2. The zero-order valence-corrected chi connectivity index (χ0v) is 18.6. The number of hydrogen-bond acceptors (Lipinski definition) is 6. The first kappa shape index (κ1) is 20.8. The molecule has 0 aliphatic heterocycles. The van der Waals surface area contributed by atoms with Crippen molar-refractivity contribution in [3.05, 3.63) is 90.8 Å². The average Bonchev–Trinajstić information content (AvgIpc) is 3.51. The summed E-state index contributed by atoms with van der Waals surface area (Å²) < 4.78 is 27.0. The van der Waals surface area contributed by atoms with E-state index in [9.17, 15) is 4.39 Å². The number of aromatic nitrogens is 6. The third kappa shape index (κ3) is 3.82. The summed E-state index contributed by atoms with van der Waals surface area (Å²) in [4.78, 5) is 13.4. The minimum Gasteiger partial charge on any atom is -0.493 e. The molecular formula is C26H19FN6O2. The maximum Gasteiger partial charge on any atom is 0.168 e. The second-order valence-electron chi connectivity index (χ2n) is 7.93. The van der Waals surface area contributed by atoms with Gasteiger partial charge in [0, 0.05) is 10.9 Å². The molecule has 3 aromatic heterocycles. The van der Waals surface area contributed by atoms with E-state index >= 15 is 0 Å². The fraction of sp³-hybridized carbons (Fsp3) is 0.0769. The van der Waals surface area contributed by atoms with Crippen molar-refractivity contribution in [3.63, 3.8) is 0 Å². The first-order valence-electron chi connectivity index (χ1n) is 10.9. The molecule has 0 unspecified atom stereocenters. The number of fused-ring (bicyclic) bond motifs is 2. The number of nitrogens with zero attached hydrogens (tertiary/aromatic N) is 5. The van der Waals surface area contributed by atoms with Crippen LogP contribution in [-0.2, 0) is 6.61 Å². The molecule has 0 aliphatic rings. The van der Waals surface area contributed by atoms with Crippen molar-refractivity contribution in [2.75, 3.05) is 7.11 Å². The quantitative estimate of drug-likeness (QED) is 0.368. The van der Waals surface area contributed by atoms with Crippen LogP contribution >= 0.6 is 0 Å². The molecule has 0 atom stereocenters. The van der Waals surface area contributed by atoms with Crippen molar-refractivity contribution in [2.45, 2.75) is 6.61 Å². The van der Waals surface area contributed by atoms with Gasteiger partial charge in [-0.25, -0.2) is 19.3 Å². The van der Waals surface area contributed by atoms with Crippen molar-refractivity contribution in [1.82, 2.24) is 29.7 Å². The Morgan fingerprint density at radius 3 is 2.83 bits per heavy atom. The molecule has 1 N–H and O–H groups in total. The molecule has 0 spiro atoms. The minimum absolute atomic E-state index is 0.214. The van der Waals surface area contributed by atoms with E-state index in [4.69, 9.17) is 14.5 Å². The second-order valence-corrected chi connectivity index (χ2v) is 7.93. The van der Waals surface area contributed by atoms with Crippen LogP contribution in [0.2, 0.25) is 0 Å². The van der Waals surface area contributed by atoms with Crippen LogP contribution in [0.5, 0.6) is 11.5 Å². The first-order valence-corrected chi connectivity index (χ1v) is 10.9. The highest BCUT2D eigenvalue weighted by Crippen LogP contribution is 2.35. The fourth-order valence-corrected chi connectivity index (χ4v) is 4.05. The molecule has 8 nitrogen and oxygen atoms in total. The smallest absolute Gasteiger partial charge is 0.168 e. The number of nitrogens with one attached hydrogen (secondary N) is 1. The summed E-state index contributed by atoms with van der Waals surface area (Å²) in [6.45, 7) is 0.214. The summed E-state index contributed by atoms with van der Waals surface area (Å²) >= 11 is 0. The zero-order chi connectivity index (χ0) is 23.8. The Morgan fingerprint density at radius 2 is 1.94 bits per heavy atom. The fourth-order valence-electron chi connectivity index (χ4n) is 4.05. The number of ether oxygens (including phenoxy) is 2. The molecule has 3 aromatic carbocycles. The Hall–Kier alpha value is -4.79. The van der Waals surface area contributed by atoms with Gasteiger partial charge in [0.15, 0.2) is 17.1 Å². The molecule has 0 aliphatic carbocycles. The number of H-pyrrole nitrogens is 1. The predicted molar refractivity (Wildman–Crippen MR) is 129 cm³/mol. The number of methoxy groups -OCH3 is 1. The summed E-state index contributed by atoms with van der Waals surface area (Å²) in [7, 11) is 1.58. The summed E-state index contributed by atoms with van der Waals surface area (Å²) in [5, 5.41) is 8.14. The molecule has 0 saturated carbocycles. The highest BCUT2D eigenvalue weighted by molar-refractivity contribution is 5.84. The van der Waals surface area contributed by atoms with Gasteiger partial charge in [0.2, 0.25) is 0 Å². The Balaban J connectivity index is 1.42. The number of hydrogen-bond donors (Lipinski definition) is 1. The lowest BCUT2D eigenvalue weighted by molar-refractivity contribution is 0.284. The maximum absolute atomic E-state index is 13.5. The van der Waals surface area contributed by atoms with E-state index in [1.54, 1.807) is 25.6 Å². The number of benzene rings is 3. The van der Waals surface area contributed by atoms with Gasteiger partial charge in [0.05, 0.1) is 30.7 Å². The van der Waals surface area contributed by atoms with E-state index < -0.39 is 0 Å². The van der Waals surface area contributed by atoms with Gasteiger partial charge in [-0.05, 0) is 54.1 Å². The van der Waals surface area contributed by atoms with Crippen LogP contribution in [0, 0.1) is 5.82 Å². The molecule has 0 radical (unpaired) electrons. The number of rotatable bonds is 6. The van der Waals surface area contributed by atoms with Crippen LogP contribution in [0.15, 0.2) is 79.4 Å². The van der Waals surface area contributed by atoms with Crippen LogP contribution in [0.4, 0.5) is 4.39 Å². The van der Waals surface area contributed by atoms with Crippen LogP contribution in [0.1, 0.15) is 5.56 Å². The standard InChI is InChI=1S/C26H19FN6O2/c1-34-24-10-17(6-8-23(24)35-14-16-3-2-4-19(27)9-16)25-31-22-13-28-15-29-26(22)33(25)20-7-5-18-12-30-32-21(18)11-20/h2-13,15H,14H2,1H3,(H,30,32). The highest BCUT2D eigenvalue weighted by atomic mass is 19.1. The summed E-state index contributed by atoms with van der Waals surface area (Å²) in [6.07, 6.45) is 4.97. The van der Waals surface area contributed by atoms with Gasteiger partial charge in [-0.3, -0.25) is 9.67 Å². The highest BCUT2D eigenvalue weighted by Gasteiger charge is 2.18. The Morgan fingerprint density at radius 1 is 1.00 bits per heavy atom. The van der Waals surface area contributed by atoms with Gasteiger partial charge in [0.25, 0.3) is 0 Å².